The Balaban J connectivity index is 1.41. The van der Waals surface area contributed by atoms with Crippen LogP contribution in [0.1, 0.15) is 30.7 Å². The Morgan fingerprint density at radius 2 is 1.63 bits per heavy atom. The molecule has 35 heavy (non-hydrogen) atoms. The topological polar surface area (TPSA) is 101 Å². The zero-order chi connectivity index (χ0) is 24.8. The minimum absolute atomic E-state index is 0.136. The van der Waals surface area contributed by atoms with E-state index in [1.165, 1.54) is 0 Å². The van der Waals surface area contributed by atoms with Gasteiger partial charge < -0.3 is 24.1 Å². The van der Waals surface area contributed by atoms with E-state index in [0.717, 1.165) is 21.9 Å². The van der Waals surface area contributed by atoms with E-state index in [1.807, 2.05) is 60.7 Å². The summed E-state index contributed by atoms with van der Waals surface area (Å²) in [7, 11) is 0. The lowest BCUT2D eigenvalue weighted by Crippen LogP contribution is -2.43. The van der Waals surface area contributed by atoms with Crippen LogP contribution >= 0.6 is 0 Å². The fraction of sp³-hybridized carbons (Fsp3) is 0.360. The predicted molar refractivity (Wildman–Crippen MR) is 122 cm³/mol. The molecule has 9 nitrogen and oxygen atoms in total. The standard InChI is InChI=1S/C25H27FN2O7/c1-18-25(31,34-17-33-15-20-10-6-3-7-11-20)12-22(35-18)27-13-21(26)23(29)28(24(27)30)16-32-14-19-8-4-2-5-9-19/h2-11,13,18,22,31H,12,14-17H2,1H3. The molecule has 2 heterocycles. The summed E-state index contributed by atoms with van der Waals surface area (Å²) in [5, 5.41) is 10.9. The maximum atomic E-state index is 14.4. The number of hydrogen-bond donors (Lipinski definition) is 1. The van der Waals surface area contributed by atoms with Crippen LogP contribution in [0.2, 0.25) is 0 Å². The first-order chi connectivity index (χ1) is 16.9. The summed E-state index contributed by atoms with van der Waals surface area (Å²) >= 11 is 0. The Bertz CT molecular complexity index is 1230. The third-order valence-corrected chi connectivity index (χ3v) is 5.76. The molecule has 0 aliphatic carbocycles. The van der Waals surface area contributed by atoms with E-state index >= 15 is 0 Å². The molecule has 3 unspecified atom stereocenters. The van der Waals surface area contributed by atoms with Gasteiger partial charge in [-0.05, 0) is 18.1 Å². The van der Waals surface area contributed by atoms with Crippen LogP contribution in [0.3, 0.4) is 0 Å². The van der Waals surface area contributed by atoms with Crippen LogP contribution in [0, 0.1) is 5.82 Å². The van der Waals surface area contributed by atoms with Crippen molar-refractivity contribution in [3.63, 3.8) is 0 Å². The number of aliphatic hydroxyl groups is 1. The maximum Gasteiger partial charge on any atom is 0.335 e. The molecule has 1 fully saturated rings. The Morgan fingerprint density at radius 3 is 2.26 bits per heavy atom. The number of benzene rings is 2. The van der Waals surface area contributed by atoms with Crippen molar-refractivity contribution in [2.24, 2.45) is 0 Å². The van der Waals surface area contributed by atoms with Crippen LogP contribution in [0.15, 0.2) is 76.4 Å². The summed E-state index contributed by atoms with van der Waals surface area (Å²) in [6.07, 6.45) is -1.32. The minimum Gasteiger partial charge on any atom is -0.363 e. The quantitative estimate of drug-likeness (QED) is 0.347. The van der Waals surface area contributed by atoms with Crippen molar-refractivity contribution in [2.45, 2.75) is 51.4 Å². The van der Waals surface area contributed by atoms with Crippen molar-refractivity contribution in [1.29, 1.82) is 0 Å². The van der Waals surface area contributed by atoms with Crippen LogP contribution in [0.4, 0.5) is 4.39 Å². The predicted octanol–water partition coefficient (Wildman–Crippen LogP) is 2.51. The molecule has 0 amide bonds. The van der Waals surface area contributed by atoms with Gasteiger partial charge in [-0.3, -0.25) is 9.36 Å². The summed E-state index contributed by atoms with van der Waals surface area (Å²) in [5.41, 5.74) is -0.158. The van der Waals surface area contributed by atoms with Gasteiger partial charge in [0.1, 0.15) is 19.1 Å². The fourth-order valence-corrected chi connectivity index (χ4v) is 3.76. The van der Waals surface area contributed by atoms with Gasteiger partial charge in [-0.1, -0.05) is 60.7 Å². The highest BCUT2D eigenvalue weighted by atomic mass is 19.1. The molecule has 3 aromatic rings. The highest BCUT2D eigenvalue weighted by Gasteiger charge is 2.47. The zero-order valence-corrected chi connectivity index (χ0v) is 19.2. The highest BCUT2D eigenvalue weighted by molar-refractivity contribution is 5.14. The van der Waals surface area contributed by atoms with Gasteiger partial charge in [0.05, 0.1) is 19.4 Å². The van der Waals surface area contributed by atoms with E-state index in [4.69, 9.17) is 18.9 Å². The average Bonchev–Trinajstić information content (AvgIpc) is 3.16. The molecule has 1 aliphatic heterocycles. The van der Waals surface area contributed by atoms with Gasteiger partial charge >= 0.3 is 5.69 Å². The van der Waals surface area contributed by atoms with E-state index in [-0.39, 0.29) is 26.4 Å². The van der Waals surface area contributed by atoms with Gasteiger partial charge in [-0.2, -0.15) is 4.39 Å². The summed E-state index contributed by atoms with van der Waals surface area (Å²) in [5.74, 6) is -2.92. The number of rotatable bonds is 10. The number of nitrogens with zero attached hydrogens (tertiary/aromatic N) is 2. The molecule has 0 bridgehead atoms. The first-order valence-electron chi connectivity index (χ1n) is 11.1. The SMILES string of the molecule is CC1OC(n2cc(F)c(=O)n(COCc3ccccc3)c2=O)CC1(O)OCOCc1ccccc1. The number of aromatic nitrogens is 2. The van der Waals surface area contributed by atoms with E-state index in [2.05, 4.69) is 0 Å². The number of hydrogen-bond acceptors (Lipinski definition) is 7. The average molecular weight is 486 g/mol. The van der Waals surface area contributed by atoms with Crippen LogP contribution in [0.5, 0.6) is 0 Å². The summed E-state index contributed by atoms with van der Waals surface area (Å²) in [4.78, 5) is 25.2. The molecule has 10 heteroatoms. The lowest BCUT2D eigenvalue weighted by atomic mass is 10.1. The van der Waals surface area contributed by atoms with E-state index < -0.39 is 41.9 Å². The van der Waals surface area contributed by atoms with E-state index in [1.54, 1.807) is 6.92 Å². The molecule has 3 atom stereocenters. The Labute approximate surface area is 200 Å². The van der Waals surface area contributed by atoms with Crippen molar-refractivity contribution in [3.8, 4) is 0 Å². The smallest absolute Gasteiger partial charge is 0.335 e. The number of halogens is 1. The molecular formula is C25H27FN2O7. The monoisotopic (exact) mass is 486 g/mol. The summed E-state index contributed by atoms with van der Waals surface area (Å²) < 4.78 is 38.1. The molecule has 0 saturated carbocycles. The normalized spacial score (nSPS) is 21.9. The first kappa shape index (κ1) is 25.0. The number of ether oxygens (including phenoxy) is 4. The molecule has 0 spiro atoms. The van der Waals surface area contributed by atoms with Crippen molar-refractivity contribution in [2.75, 3.05) is 6.79 Å². The molecule has 1 aliphatic rings. The molecule has 1 N–H and O–H groups in total. The van der Waals surface area contributed by atoms with Gasteiger partial charge in [-0.25, -0.2) is 9.36 Å². The molecule has 1 saturated heterocycles. The molecule has 1 aromatic heterocycles. The molecule has 2 aromatic carbocycles. The molecular weight excluding hydrogens is 459 g/mol. The third-order valence-electron chi connectivity index (χ3n) is 5.76. The fourth-order valence-electron chi connectivity index (χ4n) is 3.76. The minimum atomic E-state index is -1.78. The van der Waals surface area contributed by atoms with Crippen LogP contribution in [-0.2, 0) is 38.9 Å². The Kier molecular flexibility index (Phi) is 7.89. The lowest BCUT2D eigenvalue weighted by molar-refractivity contribution is -0.265. The Morgan fingerprint density at radius 1 is 1.03 bits per heavy atom. The van der Waals surface area contributed by atoms with Crippen LogP contribution in [0.25, 0.3) is 0 Å². The molecule has 0 radical (unpaired) electrons. The molecule has 186 valence electrons. The van der Waals surface area contributed by atoms with Crippen LogP contribution < -0.4 is 11.2 Å². The third kappa shape index (κ3) is 5.92. The largest absolute Gasteiger partial charge is 0.363 e. The van der Waals surface area contributed by atoms with Crippen molar-refractivity contribution >= 4 is 0 Å². The van der Waals surface area contributed by atoms with Gasteiger partial charge in [0.2, 0.25) is 5.82 Å². The van der Waals surface area contributed by atoms with E-state index in [0.29, 0.717) is 4.57 Å². The van der Waals surface area contributed by atoms with Crippen molar-refractivity contribution < 1.29 is 28.4 Å². The second-order valence-corrected chi connectivity index (χ2v) is 8.24. The van der Waals surface area contributed by atoms with Crippen molar-refractivity contribution in [3.05, 3.63) is 105 Å². The van der Waals surface area contributed by atoms with E-state index in [9.17, 15) is 19.1 Å². The van der Waals surface area contributed by atoms with Gasteiger partial charge in [0, 0.05) is 6.42 Å². The van der Waals surface area contributed by atoms with Gasteiger partial charge in [-0.15, -0.1) is 0 Å². The van der Waals surface area contributed by atoms with Gasteiger partial charge in [0.15, 0.2) is 12.6 Å². The summed E-state index contributed by atoms with van der Waals surface area (Å²) in [6.45, 7) is 1.32. The zero-order valence-electron chi connectivity index (χ0n) is 19.2. The van der Waals surface area contributed by atoms with Gasteiger partial charge in [0.25, 0.3) is 5.56 Å². The van der Waals surface area contributed by atoms with Crippen LogP contribution in [-0.4, -0.2) is 32.9 Å². The van der Waals surface area contributed by atoms with Crippen molar-refractivity contribution in [1.82, 2.24) is 9.13 Å². The highest BCUT2D eigenvalue weighted by Crippen LogP contribution is 2.36. The second-order valence-electron chi connectivity index (χ2n) is 8.24. The lowest BCUT2D eigenvalue weighted by Gasteiger charge is -2.25. The summed E-state index contributed by atoms with van der Waals surface area (Å²) in [6, 6.07) is 18.6. The second kappa shape index (κ2) is 11.1. The first-order valence-corrected chi connectivity index (χ1v) is 11.1. The Hall–Kier alpha value is -3.15. The maximum absolute atomic E-state index is 14.4. The molecule has 4 rings (SSSR count).